The Kier molecular flexibility index (Phi) is 4.32. The Morgan fingerprint density at radius 3 is 3.00 bits per heavy atom. The van der Waals surface area contributed by atoms with Gasteiger partial charge in [-0.3, -0.25) is 4.79 Å². The highest BCUT2D eigenvalue weighted by Crippen LogP contribution is 2.19. The van der Waals surface area contributed by atoms with E-state index in [2.05, 4.69) is 0 Å². The van der Waals surface area contributed by atoms with E-state index in [0.29, 0.717) is 18.0 Å². The van der Waals surface area contributed by atoms with Crippen LogP contribution in [0.4, 0.5) is 5.69 Å². The van der Waals surface area contributed by atoms with Gasteiger partial charge in [-0.1, -0.05) is 6.07 Å². The van der Waals surface area contributed by atoms with Gasteiger partial charge in [-0.2, -0.15) is 0 Å². The Bertz CT molecular complexity index is 315. The number of carbonyl (C=O) groups is 1. The number of nitrogen functional groups attached to an aromatic ring is 1. The molecule has 1 rings (SSSR count). The molecule has 0 atom stereocenters. The van der Waals surface area contributed by atoms with Crippen molar-refractivity contribution in [2.45, 2.75) is 11.8 Å². The molecular formula is C10H13NO2S. The Morgan fingerprint density at radius 2 is 2.36 bits per heavy atom. The fourth-order valence-electron chi connectivity index (χ4n) is 0.949. The smallest absolute Gasteiger partial charge is 0.316 e. The Morgan fingerprint density at radius 1 is 1.57 bits per heavy atom. The van der Waals surface area contributed by atoms with Gasteiger partial charge >= 0.3 is 5.97 Å². The van der Waals surface area contributed by atoms with Crippen LogP contribution in [-0.4, -0.2) is 18.3 Å². The minimum Gasteiger partial charge on any atom is -0.465 e. The minimum atomic E-state index is -0.195. The van der Waals surface area contributed by atoms with Crippen molar-refractivity contribution >= 4 is 23.4 Å². The molecule has 0 bridgehead atoms. The first-order chi connectivity index (χ1) is 6.72. The lowest BCUT2D eigenvalue weighted by Crippen LogP contribution is -2.06. The van der Waals surface area contributed by atoms with E-state index < -0.39 is 0 Å². The van der Waals surface area contributed by atoms with Crippen molar-refractivity contribution in [2.24, 2.45) is 0 Å². The molecule has 14 heavy (non-hydrogen) atoms. The second-order valence-corrected chi connectivity index (χ2v) is 3.71. The summed E-state index contributed by atoms with van der Waals surface area (Å²) < 4.78 is 4.80. The number of nitrogens with two attached hydrogens (primary N) is 1. The van der Waals surface area contributed by atoms with Gasteiger partial charge in [-0.25, -0.2) is 0 Å². The molecule has 3 nitrogen and oxygen atoms in total. The van der Waals surface area contributed by atoms with Crippen LogP contribution in [0.5, 0.6) is 0 Å². The molecule has 76 valence electrons. The first kappa shape index (κ1) is 10.9. The van der Waals surface area contributed by atoms with Gasteiger partial charge in [0.2, 0.25) is 0 Å². The standard InChI is InChI=1S/C10H13NO2S/c1-2-13-10(12)7-14-9-5-3-4-8(11)6-9/h3-6H,2,7,11H2,1H3. The lowest BCUT2D eigenvalue weighted by Gasteiger charge is -2.02. The van der Waals surface area contributed by atoms with E-state index in [1.807, 2.05) is 24.3 Å². The lowest BCUT2D eigenvalue weighted by atomic mass is 10.3. The first-order valence-corrected chi connectivity index (χ1v) is 5.35. The minimum absolute atomic E-state index is 0.195. The summed E-state index contributed by atoms with van der Waals surface area (Å²) in [5.74, 6) is 0.136. The number of hydrogen-bond donors (Lipinski definition) is 1. The lowest BCUT2D eigenvalue weighted by molar-refractivity contribution is -0.139. The van der Waals surface area contributed by atoms with Gasteiger partial charge in [0.25, 0.3) is 0 Å². The second kappa shape index (κ2) is 5.54. The van der Waals surface area contributed by atoms with Gasteiger partial charge in [0.05, 0.1) is 12.4 Å². The molecule has 0 heterocycles. The fraction of sp³-hybridized carbons (Fsp3) is 0.300. The molecule has 1 aromatic rings. The van der Waals surface area contributed by atoms with Crippen molar-refractivity contribution in [2.75, 3.05) is 18.1 Å². The van der Waals surface area contributed by atoms with Gasteiger partial charge in [-0.05, 0) is 25.1 Å². The molecule has 0 spiro atoms. The number of anilines is 1. The summed E-state index contributed by atoms with van der Waals surface area (Å²) in [4.78, 5) is 12.0. The highest BCUT2D eigenvalue weighted by atomic mass is 32.2. The molecule has 0 aromatic heterocycles. The van der Waals surface area contributed by atoms with E-state index >= 15 is 0 Å². The van der Waals surface area contributed by atoms with Crippen LogP contribution in [-0.2, 0) is 9.53 Å². The predicted molar refractivity (Wildman–Crippen MR) is 58.2 cm³/mol. The largest absolute Gasteiger partial charge is 0.465 e. The molecule has 2 N–H and O–H groups in total. The third-order valence-electron chi connectivity index (χ3n) is 1.52. The second-order valence-electron chi connectivity index (χ2n) is 2.67. The predicted octanol–water partition coefficient (Wildman–Crippen LogP) is 1.92. The highest BCUT2D eigenvalue weighted by molar-refractivity contribution is 8.00. The van der Waals surface area contributed by atoms with Crippen LogP contribution in [0.2, 0.25) is 0 Å². The monoisotopic (exact) mass is 211 g/mol. The SMILES string of the molecule is CCOC(=O)CSc1cccc(N)c1. The van der Waals surface area contributed by atoms with E-state index in [0.717, 1.165) is 4.90 Å². The summed E-state index contributed by atoms with van der Waals surface area (Å²) in [6.45, 7) is 2.22. The van der Waals surface area contributed by atoms with E-state index in [4.69, 9.17) is 10.5 Å². The maximum absolute atomic E-state index is 11.0. The van der Waals surface area contributed by atoms with Gasteiger partial charge in [0.15, 0.2) is 0 Å². The van der Waals surface area contributed by atoms with Crippen molar-refractivity contribution in [3.8, 4) is 0 Å². The van der Waals surface area contributed by atoms with Crippen molar-refractivity contribution in [1.82, 2.24) is 0 Å². The number of esters is 1. The van der Waals surface area contributed by atoms with E-state index in [1.165, 1.54) is 11.8 Å². The van der Waals surface area contributed by atoms with Gasteiger partial charge < -0.3 is 10.5 Å². The Hall–Kier alpha value is -1.16. The summed E-state index contributed by atoms with van der Waals surface area (Å²) in [6.07, 6.45) is 0. The van der Waals surface area contributed by atoms with Crippen molar-refractivity contribution in [3.05, 3.63) is 24.3 Å². The molecule has 0 aliphatic rings. The normalized spacial score (nSPS) is 9.79. The number of benzene rings is 1. The topological polar surface area (TPSA) is 52.3 Å². The Labute approximate surface area is 87.6 Å². The zero-order chi connectivity index (χ0) is 10.4. The number of carbonyl (C=O) groups excluding carboxylic acids is 1. The summed E-state index contributed by atoms with van der Waals surface area (Å²) in [6, 6.07) is 7.43. The maximum atomic E-state index is 11.0. The van der Waals surface area contributed by atoms with Crippen LogP contribution in [0, 0.1) is 0 Å². The molecule has 0 aliphatic heterocycles. The number of thioether (sulfide) groups is 1. The summed E-state index contributed by atoms with van der Waals surface area (Å²) >= 11 is 1.43. The maximum Gasteiger partial charge on any atom is 0.316 e. The van der Waals surface area contributed by atoms with Crippen LogP contribution in [0.3, 0.4) is 0 Å². The quantitative estimate of drug-likeness (QED) is 0.469. The fourth-order valence-corrected chi connectivity index (χ4v) is 1.71. The first-order valence-electron chi connectivity index (χ1n) is 4.36. The summed E-state index contributed by atoms with van der Waals surface area (Å²) in [5, 5.41) is 0. The molecule has 0 unspecified atom stereocenters. The third kappa shape index (κ3) is 3.70. The van der Waals surface area contributed by atoms with Gasteiger partial charge in [0.1, 0.15) is 0 Å². The van der Waals surface area contributed by atoms with E-state index in [1.54, 1.807) is 6.92 Å². The molecule has 0 radical (unpaired) electrons. The van der Waals surface area contributed by atoms with E-state index in [9.17, 15) is 4.79 Å². The van der Waals surface area contributed by atoms with Gasteiger partial charge in [-0.15, -0.1) is 11.8 Å². The highest BCUT2D eigenvalue weighted by Gasteiger charge is 2.02. The van der Waals surface area contributed by atoms with Crippen LogP contribution in [0.1, 0.15) is 6.92 Å². The molecule has 1 aromatic carbocycles. The number of hydrogen-bond acceptors (Lipinski definition) is 4. The summed E-state index contributed by atoms with van der Waals surface area (Å²) in [7, 11) is 0. The molecule has 0 saturated carbocycles. The number of rotatable bonds is 4. The average Bonchev–Trinajstić information content (AvgIpc) is 2.15. The van der Waals surface area contributed by atoms with Crippen LogP contribution >= 0.6 is 11.8 Å². The zero-order valence-corrected chi connectivity index (χ0v) is 8.84. The third-order valence-corrected chi connectivity index (χ3v) is 2.49. The van der Waals surface area contributed by atoms with Crippen molar-refractivity contribution in [1.29, 1.82) is 0 Å². The molecule has 0 saturated heterocycles. The van der Waals surface area contributed by atoms with Gasteiger partial charge in [0, 0.05) is 10.6 Å². The van der Waals surface area contributed by atoms with Crippen molar-refractivity contribution in [3.63, 3.8) is 0 Å². The molecule has 0 amide bonds. The molecular weight excluding hydrogens is 198 g/mol. The average molecular weight is 211 g/mol. The van der Waals surface area contributed by atoms with Crippen LogP contribution in [0.25, 0.3) is 0 Å². The van der Waals surface area contributed by atoms with Crippen LogP contribution < -0.4 is 5.73 Å². The van der Waals surface area contributed by atoms with E-state index in [-0.39, 0.29) is 5.97 Å². The van der Waals surface area contributed by atoms with Crippen LogP contribution in [0.15, 0.2) is 29.2 Å². The number of ether oxygens (including phenoxy) is 1. The molecule has 0 aliphatic carbocycles. The van der Waals surface area contributed by atoms with Crippen molar-refractivity contribution < 1.29 is 9.53 Å². The Balaban J connectivity index is 2.41. The molecule has 0 fully saturated rings. The molecule has 4 heteroatoms. The summed E-state index contributed by atoms with van der Waals surface area (Å²) in [5.41, 5.74) is 6.30. The zero-order valence-electron chi connectivity index (χ0n) is 8.03.